The topological polar surface area (TPSA) is 36.1 Å². The Kier molecular flexibility index (Phi) is 5.61. The summed E-state index contributed by atoms with van der Waals surface area (Å²) in [6, 6.07) is 43.9. The van der Waals surface area contributed by atoms with Crippen molar-refractivity contribution in [3.8, 4) is 22.3 Å². The molecule has 0 spiro atoms. The van der Waals surface area contributed by atoms with Gasteiger partial charge in [0.2, 0.25) is 0 Å². The fraction of sp³-hybridized carbons (Fsp3) is 0. The van der Waals surface area contributed by atoms with E-state index in [2.05, 4.69) is 137 Å². The third-order valence-electron chi connectivity index (χ3n) is 7.83. The van der Waals surface area contributed by atoms with Gasteiger partial charge in [0, 0.05) is 29.4 Å². The Labute approximate surface area is 257 Å². The normalized spacial score (nSPS) is 13.5. The van der Waals surface area contributed by atoms with E-state index in [0.717, 1.165) is 11.4 Å². The van der Waals surface area contributed by atoms with Crippen molar-refractivity contribution in [2.24, 2.45) is 0 Å². The standard InChI is InChI=1S/C36H23N3S3/c1-3-7-31-25(5-1)37-27-13-9-21(17-33(27)40-31)23-11-15-29-35(19-23)42-36-20-24(12-16-30(36)39-29)22-10-14-28-34(18-22)41-32-8-4-2-6-26(32)38-28/h1-20,37-39H. The van der Waals surface area contributed by atoms with Crippen molar-refractivity contribution in [3.63, 3.8) is 0 Å². The van der Waals surface area contributed by atoms with Gasteiger partial charge < -0.3 is 16.0 Å². The van der Waals surface area contributed by atoms with Crippen molar-refractivity contribution in [1.29, 1.82) is 0 Å². The predicted octanol–water partition coefficient (Wildman–Crippen LogP) is 11.6. The van der Waals surface area contributed by atoms with Crippen LogP contribution in [0.2, 0.25) is 0 Å². The number of para-hydroxylation sites is 2. The lowest BCUT2D eigenvalue weighted by molar-refractivity contribution is 1.30. The largest absolute Gasteiger partial charge is 0.354 e. The average Bonchev–Trinajstić information content (AvgIpc) is 3.04. The Balaban J connectivity index is 1.00. The monoisotopic (exact) mass is 593 g/mol. The van der Waals surface area contributed by atoms with E-state index < -0.39 is 0 Å². The van der Waals surface area contributed by atoms with E-state index in [1.165, 1.54) is 74.4 Å². The first-order valence-corrected chi connectivity index (χ1v) is 16.3. The van der Waals surface area contributed by atoms with Crippen molar-refractivity contribution in [3.05, 3.63) is 121 Å². The Morgan fingerprint density at radius 2 is 0.571 bits per heavy atom. The molecular weight excluding hydrogens is 571 g/mol. The highest BCUT2D eigenvalue weighted by Gasteiger charge is 2.20. The minimum atomic E-state index is 1.15. The van der Waals surface area contributed by atoms with E-state index in [-0.39, 0.29) is 0 Å². The summed E-state index contributed by atoms with van der Waals surface area (Å²) in [6.07, 6.45) is 0. The Bertz CT molecular complexity index is 1920. The van der Waals surface area contributed by atoms with Crippen molar-refractivity contribution < 1.29 is 0 Å². The van der Waals surface area contributed by atoms with Crippen molar-refractivity contribution in [1.82, 2.24) is 0 Å². The van der Waals surface area contributed by atoms with Crippen molar-refractivity contribution >= 4 is 69.4 Å². The molecule has 0 atom stereocenters. The van der Waals surface area contributed by atoms with Crippen LogP contribution in [0.25, 0.3) is 22.3 Å². The minimum absolute atomic E-state index is 1.15. The van der Waals surface area contributed by atoms with Crippen LogP contribution in [-0.4, -0.2) is 0 Å². The maximum absolute atomic E-state index is 3.67. The van der Waals surface area contributed by atoms with Crippen LogP contribution in [0.1, 0.15) is 0 Å². The smallest absolute Gasteiger partial charge is 0.0526 e. The SMILES string of the molecule is c1ccc2c(c1)Nc1ccc(-c3ccc4c(c3)Sc3cc(-c5ccc6c(c5)Sc5ccccc5N6)ccc3N4)cc1S2. The molecule has 9 rings (SSSR count). The number of hydrogen-bond acceptors (Lipinski definition) is 6. The van der Waals surface area contributed by atoms with Gasteiger partial charge in [-0.1, -0.05) is 83.8 Å². The summed E-state index contributed by atoms with van der Waals surface area (Å²) < 4.78 is 0. The lowest BCUT2D eigenvalue weighted by Gasteiger charge is -2.24. The summed E-state index contributed by atoms with van der Waals surface area (Å²) in [5.74, 6) is 0. The van der Waals surface area contributed by atoms with Gasteiger partial charge in [-0.3, -0.25) is 0 Å². The lowest BCUT2D eigenvalue weighted by Crippen LogP contribution is -2.01. The molecule has 0 aromatic heterocycles. The lowest BCUT2D eigenvalue weighted by atomic mass is 10.0. The van der Waals surface area contributed by atoms with Crippen LogP contribution in [-0.2, 0) is 0 Å². The third kappa shape index (κ3) is 4.18. The molecule has 6 aromatic carbocycles. The van der Waals surface area contributed by atoms with Crippen LogP contribution < -0.4 is 16.0 Å². The minimum Gasteiger partial charge on any atom is -0.354 e. The molecule has 0 fully saturated rings. The molecule has 200 valence electrons. The van der Waals surface area contributed by atoms with E-state index in [1.54, 1.807) is 0 Å². The molecule has 3 aliphatic heterocycles. The van der Waals surface area contributed by atoms with Crippen molar-refractivity contribution in [2.75, 3.05) is 16.0 Å². The predicted molar refractivity (Wildman–Crippen MR) is 179 cm³/mol. The van der Waals surface area contributed by atoms with Gasteiger partial charge in [-0.15, -0.1) is 0 Å². The second-order valence-corrected chi connectivity index (χ2v) is 13.8. The van der Waals surface area contributed by atoms with E-state index in [1.807, 2.05) is 35.3 Å². The number of rotatable bonds is 2. The number of benzene rings is 6. The molecule has 42 heavy (non-hydrogen) atoms. The number of anilines is 6. The van der Waals surface area contributed by atoms with Gasteiger partial charge in [-0.25, -0.2) is 0 Å². The highest BCUT2D eigenvalue weighted by Crippen LogP contribution is 2.50. The van der Waals surface area contributed by atoms with Crippen LogP contribution in [0.5, 0.6) is 0 Å². The van der Waals surface area contributed by atoms with E-state index >= 15 is 0 Å². The third-order valence-corrected chi connectivity index (χ3v) is 11.2. The molecule has 0 unspecified atom stereocenters. The molecule has 0 saturated carbocycles. The second-order valence-electron chi connectivity index (χ2n) is 10.5. The Morgan fingerprint density at radius 1 is 0.286 bits per heavy atom. The highest BCUT2D eigenvalue weighted by molar-refractivity contribution is 8.00. The summed E-state index contributed by atoms with van der Waals surface area (Å²) in [6.45, 7) is 0. The molecule has 0 aliphatic carbocycles. The molecule has 6 aromatic rings. The molecule has 3 N–H and O–H groups in total. The molecule has 3 nitrogen and oxygen atoms in total. The molecule has 3 aliphatic rings. The summed E-state index contributed by atoms with van der Waals surface area (Å²) in [5, 5.41) is 10.8. The first-order chi connectivity index (χ1) is 20.7. The summed E-state index contributed by atoms with van der Waals surface area (Å²) in [4.78, 5) is 7.52. The molecule has 0 radical (unpaired) electrons. The second kappa shape index (κ2) is 9.66. The molecule has 0 saturated heterocycles. The molecule has 6 heteroatoms. The van der Waals surface area contributed by atoms with Gasteiger partial charge in [0.15, 0.2) is 0 Å². The maximum Gasteiger partial charge on any atom is 0.0526 e. The quantitative estimate of drug-likeness (QED) is 0.185. The van der Waals surface area contributed by atoms with Crippen LogP contribution in [0, 0.1) is 0 Å². The zero-order chi connectivity index (χ0) is 27.6. The first-order valence-electron chi connectivity index (χ1n) is 13.8. The van der Waals surface area contributed by atoms with Crippen molar-refractivity contribution in [2.45, 2.75) is 29.4 Å². The van der Waals surface area contributed by atoms with Crippen LogP contribution in [0.15, 0.2) is 151 Å². The molecular formula is C36H23N3S3. The summed E-state index contributed by atoms with van der Waals surface area (Å²) >= 11 is 5.50. The van der Waals surface area contributed by atoms with Gasteiger partial charge in [0.25, 0.3) is 0 Å². The molecule has 0 amide bonds. The first kappa shape index (κ1) is 24.4. The van der Waals surface area contributed by atoms with E-state index in [4.69, 9.17) is 0 Å². The maximum atomic E-state index is 3.67. The average molecular weight is 594 g/mol. The van der Waals surface area contributed by atoms with Crippen LogP contribution >= 0.6 is 35.3 Å². The molecule has 0 bridgehead atoms. The van der Waals surface area contributed by atoms with E-state index in [0.29, 0.717) is 0 Å². The Morgan fingerprint density at radius 3 is 0.929 bits per heavy atom. The Hall–Kier alpha value is -4.23. The van der Waals surface area contributed by atoms with E-state index in [9.17, 15) is 0 Å². The number of hydrogen-bond donors (Lipinski definition) is 3. The van der Waals surface area contributed by atoms with Gasteiger partial charge in [0.05, 0.1) is 34.1 Å². The van der Waals surface area contributed by atoms with Crippen LogP contribution in [0.3, 0.4) is 0 Å². The van der Waals surface area contributed by atoms with Gasteiger partial charge in [-0.2, -0.15) is 0 Å². The summed E-state index contributed by atoms with van der Waals surface area (Å²) in [5.41, 5.74) is 11.9. The van der Waals surface area contributed by atoms with Gasteiger partial charge >= 0.3 is 0 Å². The summed E-state index contributed by atoms with van der Waals surface area (Å²) in [7, 11) is 0. The number of fused-ring (bicyclic) bond motifs is 6. The zero-order valence-electron chi connectivity index (χ0n) is 22.3. The fourth-order valence-corrected chi connectivity index (χ4v) is 8.79. The van der Waals surface area contributed by atoms with Crippen LogP contribution in [0.4, 0.5) is 34.1 Å². The van der Waals surface area contributed by atoms with Gasteiger partial charge in [0.1, 0.15) is 0 Å². The number of nitrogens with one attached hydrogen (secondary N) is 3. The molecule has 3 heterocycles. The zero-order valence-corrected chi connectivity index (χ0v) is 24.7. The van der Waals surface area contributed by atoms with Gasteiger partial charge in [-0.05, 0) is 95.1 Å². The fourth-order valence-electron chi connectivity index (χ4n) is 5.67. The highest BCUT2D eigenvalue weighted by atomic mass is 32.2.